The Morgan fingerprint density at radius 1 is 1.00 bits per heavy atom. The van der Waals surface area contributed by atoms with Gasteiger partial charge in [0.2, 0.25) is 5.91 Å². The van der Waals surface area contributed by atoms with Crippen LogP contribution in [0.25, 0.3) is 0 Å². The lowest BCUT2D eigenvalue weighted by molar-refractivity contribution is -0.202. The molecular formula is C26H43NO6. The molecule has 0 aromatic heterocycles. The molecule has 0 saturated heterocycles. The molecule has 33 heavy (non-hydrogen) atoms. The van der Waals surface area contributed by atoms with Gasteiger partial charge in [0.05, 0.1) is 18.3 Å². The van der Waals surface area contributed by atoms with E-state index in [1.165, 1.54) is 0 Å². The minimum Gasteiger partial charge on any atom is -0.480 e. The van der Waals surface area contributed by atoms with Crippen LogP contribution in [0, 0.1) is 46.3 Å². The molecule has 0 spiro atoms. The molecule has 5 unspecified atom stereocenters. The lowest BCUT2D eigenvalue weighted by Gasteiger charge is -2.63. The molecule has 7 nitrogen and oxygen atoms in total. The number of carboxylic acids is 1. The van der Waals surface area contributed by atoms with E-state index in [0.717, 1.165) is 38.5 Å². The second kappa shape index (κ2) is 9.12. The number of amides is 1. The zero-order valence-electron chi connectivity index (χ0n) is 20.4. The molecule has 7 heteroatoms. The van der Waals surface area contributed by atoms with Crippen molar-refractivity contribution in [2.24, 2.45) is 46.3 Å². The maximum absolute atomic E-state index is 12.0. The average Bonchev–Trinajstić information content (AvgIpc) is 3.12. The highest BCUT2D eigenvalue weighted by atomic mass is 16.4. The molecule has 0 heterocycles. The molecule has 4 aliphatic rings. The summed E-state index contributed by atoms with van der Waals surface area (Å²) in [6.07, 6.45) is 5.83. The van der Waals surface area contributed by atoms with Gasteiger partial charge in [-0.25, -0.2) is 0 Å². The Morgan fingerprint density at radius 2 is 1.73 bits per heavy atom. The van der Waals surface area contributed by atoms with E-state index in [1.807, 2.05) is 0 Å². The SMILES string of the molecule is CC(CCC(=O)NCC(=O)O)C1CC[C@H]2[C@@H]3C[C@H](O)C4C[C@H](O)CCC4(C)[C@H]3C[C@H](O)C12C. The Hall–Kier alpha value is -1.18. The van der Waals surface area contributed by atoms with E-state index >= 15 is 0 Å². The molecular weight excluding hydrogens is 422 g/mol. The topological polar surface area (TPSA) is 127 Å². The molecule has 0 aromatic carbocycles. The van der Waals surface area contributed by atoms with Crippen LogP contribution in [0.1, 0.15) is 78.6 Å². The lowest BCUT2D eigenvalue weighted by atomic mass is 9.43. The van der Waals surface area contributed by atoms with Crippen LogP contribution in [-0.2, 0) is 9.59 Å². The van der Waals surface area contributed by atoms with Crippen LogP contribution in [0.2, 0.25) is 0 Å². The zero-order chi connectivity index (χ0) is 24.1. The molecule has 5 N–H and O–H groups in total. The summed E-state index contributed by atoms with van der Waals surface area (Å²) in [6.45, 7) is 6.35. The normalized spacial score (nSPS) is 47.7. The van der Waals surface area contributed by atoms with Crippen LogP contribution < -0.4 is 5.32 Å². The summed E-state index contributed by atoms with van der Waals surface area (Å²) in [6, 6.07) is 0. The van der Waals surface area contributed by atoms with E-state index in [-0.39, 0.29) is 47.3 Å². The van der Waals surface area contributed by atoms with E-state index in [4.69, 9.17) is 5.11 Å². The van der Waals surface area contributed by atoms with Crippen molar-refractivity contribution in [3.8, 4) is 0 Å². The summed E-state index contributed by atoms with van der Waals surface area (Å²) >= 11 is 0. The van der Waals surface area contributed by atoms with Gasteiger partial charge in [0.25, 0.3) is 0 Å². The highest BCUT2D eigenvalue weighted by Crippen LogP contribution is 2.68. The molecule has 4 rings (SSSR count). The van der Waals surface area contributed by atoms with Crippen LogP contribution in [0.3, 0.4) is 0 Å². The van der Waals surface area contributed by atoms with Gasteiger partial charge in [0.1, 0.15) is 6.54 Å². The first-order valence-corrected chi connectivity index (χ1v) is 13.0. The largest absolute Gasteiger partial charge is 0.480 e. The van der Waals surface area contributed by atoms with Gasteiger partial charge in [0.15, 0.2) is 0 Å². The van der Waals surface area contributed by atoms with Crippen molar-refractivity contribution in [1.29, 1.82) is 0 Å². The first kappa shape index (κ1) is 24.9. The van der Waals surface area contributed by atoms with Crippen LogP contribution in [0.4, 0.5) is 0 Å². The zero-order valence-corrected chi connectivity index (χ0v) is 20.4. The van der Waals surface area contributed by atoms with E-state index in [1.54, 1.807) is 0 Å². The minimum absolute atomic E-state index is 0.0319. The van der Waals surface area contributed by atoms with Gasteiger partial charge in [-0.15, -0.1) is 0 Å². The molecule has 0 aliphatic heterocycles. The predicted octanol–water partition coefficient (Wildman–Crippen LogP) is 2.56. The molecule has 4 aliphatic carbocycles. The minimum atomic E-state index is -1.04. The van der Waals surface area contributed by atoms with Crippen molar-refractivity contribution in [2.75, 3.05) is 6.54 Å². The van der Waals surface area contributed by atoms with Crippen molar-refractivity contribution in [2.45, 2.75) is 96.9 Å². The summed E-state index contributed by atoms with van der Waals surface area (Å²) in [5.41, 5.74) is -0.259. The first-order chi connectivity index (χ1) is 15.5. The van der Waals surface area contributed by atoms with Crippen LogP contribution in [0.15, 0.2) is 0 Å². The standard InChI is InChI=1S/C26H43NO6/c1-14(4-7-23(31)27-13-24(32)33)17-5-6-18-16-11-21(29)20-10-15(28)8-9-25(20,2)19(16)12-22(30)26(17,18)3/h14-22,28-30H,4-13H2,1-3H3,(H,27,31)(H,32,33)/t14?,15-,16+,17?,18+,19+,20?,21+,22+,25?,26?/m1/s1. The maximum atomic E-state index is 12.0. The van der Waals surface area contributed by atoms with Gasteiger partial charge in [-0.3, -0.25) is 9.59 Å². The number of carboxylic acid groups (broad SMARTS) is 1. The van der Waals surface area contributed by atoms with Crippen LogP contribution in [0.5, 0.6) is 0 Å². The quantitative estimate of drug-likeness (QED) is 0.410. The van der Waals surface area contributed by atoms with Crippen molar-refractivity contribution in [1.82, 2.24) is 5.32 Å². The number of aliphatic hydroxyl groups is 3. The summed E-state index contributed by atoms with van der Waals surface area (Å²) in [5, 5.41) is 44.2. The van der Waals surface area contributed by atoms with E-state index in [0.29, 0.717) is 42.9 Å². The Labute approximate surface area is 197 Å². The molecule has 0 bridgehead atoms. The molecule has 1 amide bonds. The van der Waals surface area contributed by atoms with Crippen molar-refractivity contribution in [3.63, 3.8) is 0 Å². The number of aliphatic hydroxyl groups excluding tert-OH is 3. The summed E-state index contributed by atoms with van der Waals surface area (Å²) in [4.78, 5) is 22.7. The van der Waals surface area contributed by atoms with Gasteiger partial charge in [-0.05, 0) is 97.7 Å². The fourth-order valence-corrected chi connectivity index (χ4v) is 9.03. The fourth-order valence-electron chi connectivity index (χ4n) is 9.03. The number of carbonyl (C=O) groups is 2. The van der Waals surface area contributed by atoms with Crippen molar-refractivity contribution < 1.29 is 30.0 Å². The molecule has 11 atom stereocenters. The smallest absolute Gasteiger partial charge is 0.322 e. The lowest BCUT2D eigenvalue weighted by Crippen LogP contribution is -2.61. The van der Waals surface area contributed by atoms with Gasteiger partial charge in [-0.2, -0.15) is 0 Å². The van der Waals surface area contributed by atoms with E-state index in [9.17, 15) is 24.9 Å². The molecule has 4 fully saturated rings. The third-order valence-electron chi connectivity index (χ3n) is 10.8. The number of hydrogen-bond donors (Lipinski definition) is 5. The average molecular weight is 466 g/mol. The van der Waals surface area contributed by atoms with Gasteiger partial charge in [0, 0.05) is 6.42 Å². The maximum Gasteiger partial charge on any atom is 0.322 e. The van der Waals surface area contributed by atoms with Crippen LogP contribution >= 0.6 is 0 Å². The monoisotopic (exact) mass is 465 g/mol. The molecule has 0 radical (unpaired) electrons. The first-order valence-electron chi connectivity index (χ1n) is 13.0. The summed E-state index contributed by atoms with van der Waals surface area (Å²) in [5.74, 6) is 0.522. The third kappa shape index (κ3) is 4.23. The Bertz CT molecular complexity index is 759. The molecule has 188 valence electrons. The highest BCUT2D eigenvalue weighted by molar-refractivity contribution is 5.81. The molecule has 0 aromatic rings. The number of fused-ring (bicyclic) bond motifs is 5. The number of rotatable bonds is 6. The number of carbonyl (C=O) groups excluding carboxylic acids is 1. The Balaban J connectivity index is 1.48. The van der Waals surface area contributed by atoms with E-state index in [2.05, 4.69) is 26.1 Å². The van der Waals surface area contributed by atoms with Gasteiger partial charge in [-0.1, -0.05) is 20.8 Å². The van der Waals surface area contributed by atoms with Crippen molar-refractivity contribution in [3.05, 3.63) is 0 Å². The second-order valence-corrected chi connectivity index (χ2v) is 12.2. The Kier molecular flexibility index (Phi) is 6.89. The van der Waals surface area contributed by atoms with E-state index < -0.39 is 12.1 Å². The van der Waals surface area contributed by atoms with Gasteiger partial charge < -0.3 is 25.7 Å². The fraction of sp³-hybridized carbons (Fsp3) is 0.923. The summed E-state index contributed by atoms with van der Waals surface area (Å²) in [7, 11) is 0. The van der Waals surface area contributed by atoms with Gasteiger partial charge >= 0.3 is 5.97 Å². The summed E-state index contributed by atoms with van der Waals surface area (Å²) < 4.78 is 0. The number of nitrogens with one attached hydrogen (secondary N) is 1. The predicted molar refractivity (Wildman–Crippen MR) is 123 cm³/mol. The third-order valence-corrected chi connectivity index (χ3v) is 10.8. The number of hydrogen-bond acceptors (Lipinski definition) is 5. The number of aliphatic carboxylic acids is 1. The van der Waals surface area contributed by atoms with Crippen molar-refractivity contribution >= 4 is 11.9 Å². The van der Waals surface area contributed by atoms with Crippen LogP contribution in [-0.4, -0.2) is 57.2 Å². The molecule has 4 saturated carbocycles. The second-order valence-electron chi connectivity index (χ2n) is 12.2. The Morgan fingerprint density at radius 3 is 2.42 bits per heavy atom. The highest BCUT2D eigenvalue weighted by Gasteiger charge is 2.65.